The summed E-state index contributed by atoms with van der Waals surface area (Å²) in [6, 6.07) is 0. The summed E-state index contributed by atoms with van der Waals surface area (Å²) in [5.41, 5.74) is 6.48. The van der Waals surface area contributed by atoms with Gasteiger partial charge in [0, 0.05) is 13.1 Å². The molecule has 112 valence electrons. The molecule has 0 amide bonds. The maximum atomic E-state index is 11.8. The fourth-order valence-electron chi connectivity index (χ4n) is 2.34. The second-order valence-corrected chi connectivity index (χ2v) is 6.48. The average Bonchev–Trinajstić information content (AvgIpc) is 2.94. The first-order valence-electron chi connectivity index (χ1n) is 6.86. The Kier molecular flexibility index (Phi) is 4.42. The van der Waals surface area contributed by atoms with Crippen LogP contribution in [0.1, 0.15) is 36.9 Å². The van der Waals surface area contributed by atoms with Gasteiger partial charge < -0.3 is 20.1 Å². The number of nitrogens with zero attached hydrogens (tertiary/aromatic N) is 1. The number of carbonyl (C=O) groups is 1. The number of esters is 1. The zero-order chi connectivity index (χ0) is 14.9. The van der Waals surface area contributed by atoms with E-state index in [0.29, 0.717) is 22.2 Å². The van der Waals surface area contributed by atoms with Gasteiger partial charge >= 0.3 is 5.97 Å². The molecule has 0 spiro atoms. The lowest BCUT2D eigenvalue weighted by atomic mass is 10.2. The maximum Gasteiger partial charge on any atom is 0.350 e. The number of anilines is 2. The standard InChI is InChI=1S/C14H22N2O3S/c1-8(2)19-11-10(15)12(14(17)18-4)20-13(11)16-6-5-9(3)7-16/h8-9H,5-7,15H2,1-4H3. The van der Waals surface area contributed by atoms with Gasteiger partial charge in [-0.3, -0.25) is 0 Å². The van der Waals surface area contributed by atoms with Crippen LogP contribution in [0.4, 0.5) is 10.7 Å². The molecule has 1 atom stereocenters. The van der Waals surface area contributed by atoms with Crippen LogP contribution in [-0.4, -0.2) is 32.3 Å². The van der Waals surface area contributed by atoms with E-state index in [9.17, 15) is 4.79 Å². The molecule has 6 heteroatoms. The first kappa shape index (κ1) is 15.0. The average molecular weight is 298 g/mol. The normalized spacial score (nSPS) is 18.6. The number of methoxy groups -OCH3 is 1. The lowest BCUT2D eigenvalue weighted by Gasteiger charge is -2.19. The molecule has 0 aromatic carbocycles. The van der Waals surface area contributed by atoms with Crippen molar-refractivity contribution in [3.8, 4) is 5.75 Å². The summed E-state index contributed by atoms with van der Waals surface area (Å²) in [4.78, 5) is 14.5. The molecule has 5 nitrogen and oxygen atoms in total. The van der Waals surface area contributed by atoms with E-state index in [0.717, 1.165) is 24.5 Å². The van der Waals surface area contributed by atoms with E-state index in [1.807, 2.05) is 13.8 Å². The number of carbonyl (C=O) groups excluding carboxylic acids is 1. The van der Waals surface area contributed by atoms with Crippen LogP contribution in [0, 0.1) is 5.92 Å². The lowest BCUT2D eigenvalue weighted by Crippen LogP contribution is -2.19. The Morgan fingerprint density at radius 2 is 2.20 bits per heavy atom. The van der Waals surface area contributed by atoms with Crippen LogP contribution in [0.15, 0.2) is 0 Å². The molecule has 1 aliphatic rings. The van der Waals surface area contributed by atoms with Crippen LogP contribution in [0.3, 0.4) is 0 Å². The topological polar surface area (TPSA) is 64.8 Å². The van der Waals surface area contributed by atoms with Crippen molar-refractivity contribution in [1.29, 1.82) is 0 Å². The minimum atomic E-state index is -0.403. The van der Waals surface area contributed by atoms with Gasteiger partial charge in [0.05, 0.1) is 13.2 Å². The van der Waals surface area contributed by atoms with E-state index < -0.39 is 5.97 Å². The smallest absolute Gasteiger partial charge is 0.350 e. The monoisotopic (exact) mass is 298 g/mol. The molecular weight excluding hydrogens is 276 g/mol. The Morgan fingerprint density at radius 3 is 2.70 bits per heavy atom. The molecule has 1 aromatic heterocycles. The van der Waals surface area contributed by atoms with E-state index in [4.69, 9.17) is 15.2 Å². The van der Waals surface area contributed by atoms with Crippen LogP contribution in [-0.2, 0) is 4.74 Å². The van der Waals surface area contributed by atoms with E-state index >= 15 is 0 Å². The van der Waals surface area contributed by atoms with E-state index in [1.54, 1.807) is 0 Å². The molecule has 0 bridgehead atoms. The molecule has 1 unspecified atom stereocenters. The highest BCUT2D eigenvalue weighted by Gasteiger charge is 2.29. The molecule has 0 radical (unpaired) electrons. The summed E-state index contributed by atoms with van der Waals surface area (Å²) in [5.74, 6) is 0.867. The summed E-state index contributed by atoms with van der Waals surface area (Å²) in [7, 11) is 1.36. The number of hydrogen-bond donors (Lipinski definition) is 1. The highest BCUT2D eigenvalue weighted by atomic mass is 32.1. The van der Waals surface area contributed by atoms with Gasteiger partial charge in [-0.05, 0) is 26.2 Å². The molecule has 20 heavy (non-hydrogen) atoms. The molecule has 2 N–H and O–H groups in total. The summed E-state index contributed by atoms with van der Waals surface area (Å²) in [5, 5.41) is 0.945. The van der Waals surface area contributed by atoms with Gasteiger partial charge in [0.2, 0.25) is 0 Å². The SMILES string of the molecule is COC(=O)c1sc(N2CCC(C)C2)c(OC(C)C)c1N. The second kappa shape index (κ2) is 5.91. The molecule has 2 heterocycles. The third kappa shape index (κ3) is 2.85. The van der Waals surface area contributed by atoms with E-state index in [1.165, 1.54) is 18.4 Å². The number of rotatable bonds is 4. The molecule has 0 aliphatic carbocycles. The third-order valence-corrected chi connectivity index (χ3v) is 4.55. The Hall–Kier alpha value is -1.43. The minimum absolute atomic E-state index is 0.0103. The molecular formula is C14H22N2O3S. The Bertz CT molecular complexity index is 499. The van der Waals surface area contributed by atoms with Gasteiger partial charge in [-0.2, -0.15) is 0 Å². The zero-order valence-electron chi connectivity index (χ0n) is 12.4. The van der Waals surface area contributed by atoms with Crippen molar-refractivity contribution in [3.05, 3.63) is 4.88 Å². The first-order valence-corrected chi connectivity index (χ1v) is 7.67. The Balaban J connectivity index is 2.40. The maximum absolute atomic E-state index is 11.8. The predicted octanol–water partition coefficient (Wildman–Crippen LogP) is 2.75. The molecule has 1 aliphatic heterocycles. The molecule has 1 fully saturated rings. The summed E-state index contributed by atoms with van der Waals surface area (Å²) in [6.07, 6.45) is 1.16. The second-order valence-electron chi connectivity index (χ2n) is 5.48. The molecule has 2 rings (SSSR count). The Labute approximate surface area is 123 Å². The fourth-order valence-corrected chi connectivity index (χ4v) is 3.45. The van der Waals surface area contributed by atoms with Crippen molar-refractivity contribution in [3.63, 3.8) is 0 Å². The number of ether oxygens (including phenoxy) is 2. The number of thiophene rings is 1. The van der Waals surface area contributed by atoms with Crippen LogP contribution in [0.5, 0.6) is 5.75 Å². The Morgan fingerprint density at radius 1 is 1.50 bits per heavy atom. The van der Waals surface area contributed by atoms with Crippen molar-refractivity contribution >= 4 is 28.0 Å². The van der Waals surface area contributed by atoms with Crippen LogP contribution < -0.4 is 15.4 Å². The summed E-state index contributed by atoms with van der Waals surface area (Å²) >= 11 is 1.36. The lowest BCUT2D eigenvalue weighted by molar-refractivity contribution is 0.0607. The van der Waals surface area contributed by atoms with Crippen LogP contribution >= 0.6 is 11.3 Å². The van der Waals surface area contributed by atoms with Crippen molar-refractivity contribution in [2.75, 3.05) is 30.8 Å². The van der Waals surface area contributed by atoms with Crippen molar-refractivity contribution in [2.45, 2.75) is 33.3 Å². The van der Waals surface area contributed by atoms with Gasteiger partial charge in [-0.1, -0.05) is 6.92 Å². The summed E-state index contributed by atoms with van der Waals surface area (Å²) in [6.45, 7) is 8.06. The zero-order valence-corrected chi connectivity index (χ0v) is 13.3. The van der Waals surface area contributed by atoms with Gasteiger partial charge in [0.25, 0.3) is 0 Å². The highest BCUT2D eigenvalue weighted by molar-refractivity contribution is 7.19. The molecule has 0 saturated carbocycles. The molecule has 1 saturated heterocycles. The molecule has 1 aromatic rings. The van der Waals surface area contributed by atoms with Crippen molar-refractivity contribution in [1.82, 2.24) is 0 Å². The summed E-state index contributed by atoms with van der Waals surface area (Å²) < 4.78 is 10.6. The van der Waals surface area contributed by atoms with E-state index in [2.05, 4.69) is 11.8 Å². The predicted molar refractivity (Wildman–Crippen MR) is 81.8 cm³/mol. The third-order valence-electron chi connectivity index (χ3n) is 3.32. The van der Waals surface area contributed by atoms with Gasteiger partial charge in [0.15, 0.2) is 5.75 Å². The van der Waals surface area contributed by atoms with E-state index in [-0.39, 0.29) is 6.10 Å². The van der Waals surface area contributed by atoms with Gasteiger partial charge in [0.1, 0.15) is 15.6 Å². The number of nitrogen functional groups attached to an aromatic ring is 1. The minimum Gasteiger partial charge on any atom is -0.486 e. The number of nitrogens with two attached hydrogens (primary N) is 1. The van der Waals surface area contributed by atoms with Gasteiger partial charge in [-0.25, -0.2) is 4.79 Å². The number of hydrogen-bond acceptors (Lipinski definition) is 6. The quantitative estimate of drug-likeness (QED) is 0.866. The van der Waals surface area contributed by atoms with Crippen molar-refractivity contribution in [2.24, 2.45) is 5.92 Å². The first-order chi connectivity index (χ1) is 9.43. The highest BCUT2D eigenvalue weighted by Crippen LogP contribution is 2.47. The van der Waals surface area contributed by atoms with Crippen LogP contribution in [0.25, 0.3) is 0 Å². The van der Waals surface area contributed by atoms with Gasteiger partial charge in [-0.15, -0.1) is 11.3 Å². The fraction of sp³-hybridized carbons (Fsp3) is 0.643. The largest absolute Gasteiger partial charge is 0.486 e. The van der Waals surface area contributed by atoms with Crippen molar-refractivity contribution < 1.29 is 14.3 Å². The van der Waals surface area contributed by atoms with Crippen LogP contribution in [0.2, 0.25) is 0 Å².